The number of fused-ring (bicyclic) bond motifs is 2. The number of rotatable bonds is 7. The molecule has 0 saturated carbocycles. The van der Waals surface area contributed by atoms with E-state index in [2.05, 4.69) is 42.4 Å². The molecule has 0 bridgehead atoms. The van der Waals surface area contributed by atoms with E-state index in [-0.39, 0.29) is 11.7 Å². The van der Waals surface area contributed by atoms with Gasteiger partial charge in [-0.1, -0.05) is 25.5 Å². The number of hydrogen-bond acceptors (Lipinski definition) is 5. The molecule has 1 amide bonds. The van der Waals surface area contributed by atoms with Gasteiger partial charge in [0.25, 0.3) is 0 Å². The summed E-state index contributed by atoms with van der Waals surface area (Å²) in [5, 5.41) is 12.1. The second-order valence-electron chi connectivity index (χ2n) is 9.09. The smallest absolute Gasteiger partial charge is 0.224 e. The van der Waals surface area contributed by atoms with Crippen molar-refractivity contribution in [3.63, 3.8) is 0 Å². The monoisotopic (exact) mass is 505 g/mol. The predicted octanol–water partition coefficient (Wildman–Crippen LogP) is 6.50. The van der Waals surface area contributed by atoms with Crippen LogP contribution >= 0.6 is 0 Å². The molecule has 3 N–H and O–H groups in total. The van der Waals surface area contributed by atoms with E-state index in [4.69, 9.17) is 0 Å². The Balaban J connectivity index is 1.38. The van der Waals surface area contributed by atoms with Gasteiger partial charge in [0, 0.05) is 46.2 Å². The largest absolute Gasteiger partial charge is 0.353 e. The van der Waals surface area contributed by atoms with Crippen LogP contribution in [0.4, 0.5) is 10.1 Å². The molecule has 6 aromatic rings. The summed E-state index contributed by atoms with van der Waals surface area (Å²) >= 11 is 0. The highest BCUT2D eigenvalue weighted by Gasteiger charge is 2.17. The Labute approximate surface area is 217 Å². The summed E-state index contributed by atoms with van der Waals surface area (Å²) in [6, 6.07) is 14.2. The van der Waals surface area contributed by atoms with E-state index in [1.54, 1.807) is 43.0 Å². The van der Waals surface area contributed by atoms with E-state index < -0.39 is 0 Å². The van der Waals surface area contributed by atoms with Crippen LogP contribution in [0.25, 0.3) is 55.7 Å². The Bertz CT molecular complexity index is 1790. The zero-order chi connectivity index (χ0) is 26.1. The number of aromatic nitrogens is 6. The number of carbonyl (C=O) groups excluding carboxylic acids is 1. The summed E-state index contributed by atoms with van der Waals surface area (Å²) in [6.07, 6.45) is 9.00. The van der Waals surface area contributed by atoms with Crippen LogP contribution in [0, 0.1) is 5.82 Å². The van der Waals surface area contributed by atoms with Crippen LogP contribution in [0.1, 0.15) is 26.2 Å². The summed E-state index contributed by atoms with van der Waals surface area (Å²) in [5.74, 6) is -0.358. The molecular formula is C29H24FN7O. The van der Waals surface area contributed by atoms with E-state index in [1.165, 1.54) is 6.07 Å². The highest BCUT2D eigenvalue weighted by atomic mass is 19.1. The van der Waals surface area contributed by atoms with Gasteiger partial charge in [0.1, 0.15) is 11.5 Å². The van der Waals surface area contributed by atoms with Gasteiger partial charge >= 0.3 is 0 Å². The van der Waals surface area contributed by atoms with Gasteiger partial charge in [0.05, 0.1) is 40.7 Å². The Morgan fingerprint density at radius 2 is 1.84 bits per heavy atom. The number of anilines is 1. The summed E-state index contributed by atoms with van der Waals surface area (Å²) in [7, 11) is 0. The fourth-order valence-electron chi connectivity index (χ4n) is 4.54. The zero-order valence-corrected chi connectivity index (χ0v) is 20.6. The first-order valence-corrected chi connectivity index (χ1v) is 12.4. The van der Waals surface area contributed by atoms with E-state index in [9.17, 15) is 9.18 Å². The quantitative estimate of drug-likeness (QED) is 0.229. The SMILES string of the molecule is CCCCC(=O)Nc1cncc(-c2cc3c(-c4cc5c(-c6ccccc6F)nccc5[nH]4)n[nH]c3cn2)c1. The van der Waals surface area contributed by atoms with Gasteiger partial charge in [-0.25, -0.2) is 4.39 Å². The number of amides is 1. The average molecular weight is 506 g/mol. The third kappa shape index (κ3) is 4.39. The van der Waals surface area contributed by atoms with Crippen molar-refractivity contribution in [1.82, 2.24) is 30.1 Å². The molecule has 0 aliphatic carbocycles. The van der Waals surface area contributed by atoms with Crippen molar-refractivity contribution in [2.75, 3.05) is 5.32 Å². The lowest BCUT2D eigenvalue weighted by Gasteiger charge is -2.07. The lowest BCUT2D eigenvalue weighted by Crippen LogP contribution is -2.11. The maximum absolute atomic E-state index is 14.5. The van der Waals surface area contributed by atoms with Crippen molar-refractivity contribution in [2.45, 2.75) is 26.2 Å². The first-order valence-electron chi connectivity index (χ1n) is 12.4. The van der Waals surface area contributed by atoms with Crippen LogP contribution in [0.5, 0.6) is 0 Å². The maximum atomic E-state index is 14.5. The summed E-state index contributed by atoms with van der Waals surface area (Å²) in [4.78, 5) is 28.9. The summed E-state index contributed by atoms with van der Waals surface area (Å²) in [6.45, 7) is 2.05. The molecule has 0 aliphatic rings. The molecule has 0 atom stereocenters. The topological polar surface area (TPSA) is 112 Å². The van der Waals surface area contributed by atoms with Crippen molar-refractivity contribution >= 4 is 33.4 Å². The number of nitrogens with zero attached hydrogens (tertiary/aromatic N) is 4. The van der Waals surface area contributed by atoms with Gasteiger partial charge < -0.3 is 10.3 Å². The van der Waals surface area contributed by atoms with Crippen LogP contribution in [0.2, 0.25) is 0 Å². The number of benzene rings is 1. The van der Waals surface area contributed by atoms with Crippen molar-refractivity contribution < 1.29 is 9.18 Å². The minimum atomic E-state index is -0.325. The van der Waals surface area contributed by atoms with Crippen LogP contribution < -0.4 is 5.32 Å². The first kappa shape index (κ1) is 23.5. The fourth-order valence-corrected chi connectivity index (χ4v) is 4.54. The molecular weight excluding hydrogens is 481 g/mol. The molecule has 5 aromatic heterocycles. The first-order chi connectivity index (χ1) is 18.6. The molecule has 5 heterocycles. The highest BCUT2D eigenvalue weighted by molar-refractivity contribution is 6.00. The average Bonchev–Trinajstić information content (AvgIpc) is 3.56. The Kier molecular flexibility index (Phi) is 6.09. The molecule has 0 spiro atoms. The zero-order valence-electron chi connectivity index (χ0n) is 20.6. The minimum absolute atomic E-state index is 0.0330. The van der Waals surface area contributed by atoms with E-state index >= 15 is 0 Å². The van der Waals surface area contributed by atoms with Gasteiger partial charge in [-0.2, -0.15) is 5.10 Å². The van der Waals surface area contributed by atoms with Gasteiger partial charge in [-0.15, -0.1) is 0 Å². The third-order valence-electron chi connectivity index (χ3n) is 6.45. The number of carbonyl (C=O) groups is 1. The Hall–Kier alpha value is -4.92. The Morgan fingerprint density at radius 3 is 2.71 bits per heavy atom. The lowest BCUT2D eigenvalue weighted by atomic mass is 10.1. The molecule has 0 saturated heterocycles. The molecule has 0 aliphatic heterocycles. The third-order valence-corrected chi connectivity index (χ3v) is 6.45. The fraction of sp³-hybridized carbons (Fsp3) is 0.138. The molecule has 1 aromatic carbocycles. The second-order valence-corrected chi connectivity index (χ2v) is 9.09. The maximum Gasteiger partial charge on any atom is 0.224 e. The van der Waals surface area contributed by atoms with Crippen LogP contribution in [0.3, 0.4) is 0 Å². The van der Waals surface area contributed by atoms with E-state index in [0.717, 1.165) is 45.9 Å². The number of aromatic amines is 2. The minimum Gasteiger partial charge on any atom is -0.353 e. The van der Waals surface area contributed by atoms with Crippen molar-refractivity contribution in [2.24, 2.45) is 0 Å². The van der Waals surface area contributed by atoms with Crippen molar-refractivity contribution in [3.8, 4) is 33.9 Å². The number of unbranched alkanes of at least 4 members (excludes halogenated alkanes) is 1. The van der Waals surface area contributed by atoms with Gasteiger partial charge in [-0.05, 0) is 42.8 Å². The highest BCUT2D eigenvalue weighted by Crippen LogP contribution is 2.34. The number of pyridine rings is 3. The standard InChI is InChI=1S/C29H24FN7O/c1-2-3-8-27(38)34-18-11-17(14-31-15-18)24-12-21-26(16-33-24)36-37-29(21)25-13-20-23(35-25)9-10-32-28(20)19-6-4-5-7-22(19)30/h4-7,9-16,35H,2-3,8H2,1H3,(H,34,38)(H,36,37). The molecule has 6 rings (SSSR count). The molecule has 188 valence electrons. The molecule has 0 fully saturated rings. The predicted molar refractivity (Wildman–Crippen MR) is 146 cm³/mol. The van der Waals surface area contributed by atoms with Crippen LogP contribution in [0.15, 0.2) is 73.3 Å². The van der Waals surface area contributed by atoms with Crippen molar-refractivity contribution in [3.05, 3.63) is 79.1 Å². The molecule has 0 unspecified atom stereocenters. The number of H-pyrrole nitrogens is 2. The molecule has 38 heavy (non-hydrogen) atoms. The normalized spacial score (nSPS) is 11.3. The molecule has 8 nitrogen and oxygen atoms in total. The number of halogens is 1. The lowest BCUT2D eigenvalue weighted by molar-refractivity contribution is -0.116. The summed E-state index contributed by atoms with van der Waals surface area (Å²) in [5.41, 5.74) is 6.17. The van der Waals surface area contributed by atoms with Gasteiger partial charge in [0.15, 0.2) is 0 Å². The van der Waals surface area contributed by atoms with Gasteiger partial charge in [-0.3, -0.25) is 24.8 Å². The number of nitrogens with one attached hydrogen (secondary N) is 3. The summed E-state index contributed by atoms with van der Waals surface area (Å²) < 4.78 is 14.5. The Morgan fingerprint density at radius 1 is 0.974 bits per heavy atom. The molecule has 0 radical (unpaired) electrons. The van der Waals surface area contributed by atoms with Gasteiger partial charge in [0.2, 0.25) is 5.91 Å². The van der Waals surface area contributed by atoms with Crippen molar-refractivity contribution in [1.29, 1.82) is 0 Å². The number of hydrogen-bond donors (Lipinski definition) is 3. The van der Waals surface area contributed by atoms with E-state index in [1.807, 2.05) is 24.3 Å². The van der Waals surface area contributed by atoms with Crippen LogP contribution in [-0.2, 0) is 4.79 Å². The second kappa shape index (κ2) is 9.85. The van der Waals surface area contributed by atoms with E-state index in [0.29, 0.717) is 34.8 Å². The molecule has 9 heteroatoms. The van der Waals surface area contributed by atoms with Crippen LogP contribution in [-0.4, -0.2) is 36.0 Å².